The molecule has 7 nitrogen and oxygen atoms in total. The standard InChI is InChI=1S/C28H28FN3O4/c1-2-19-3-5-20(6-4-19)16-30-28(35)21-15-27(34)32(17-21)24-11-13-25(14-12-24)36-18-26(33)31-23-9-7-22(29)8-10-23/h3-14,21H,2,15-18H2,1H3,(H,30,35)(H,31,33)/t21-/m1/s1. The first-order chi connectivity index (χ1) is 17.4. The van der Waals surface area contributed by atoms with Crippen LogP contribution in [0.3, 0.4) is 0 Å². The van der Waals surface area contributed by atoms with Crippen molar-refractivity contribution in [3.05, 3.63) is 89.7 Å². The first-order valence-electron chi connectivity index (χ1n) is 11.9. The maximum Gasteiger partial charge on any atom is 0.262 e. The minimum atomic E-state index is -0.418. The average Bonchev–Trinajstić information content (AvgIpc) is 3.29. The van der Waals surface area contributed by atoms with Crippen molar-refractivity contribution in [2.24, 2.45) is 5.92 Å². The van der Waals surface area contributed by atoms with Gasteiger partial charge in [0.1, 0.15) is 11.6 Å². The number of ether oxygens (including phenoxy) is 1. The van der Waals surface area contributed by atoms with Crippen LogP contribution in [-0.4, -0.2) is 30.9 Å². The van der Waals surface area contributed by atoms with Crippen LogP contribution >= 0.6 is 0 Å². The van der Waals surface area contributed by atoms with E-state index in [0.717, 1.165) is 12.0 Å². The van der Waals surface area contributed by atoms with Crippen LogP contribution in [0.5, 0.6) is 5.75 Å². The van der Waals surface area contributed by atoms with Crippen molar-refractivity contribution in [3.63, 3.8) is 0 Å². The summed E-state index contributed by atoms with van der Waals surface area (Å²) in [5, 5.41) is 5.55. The highest BCUT2D eigenvalue weighted by atomic mass is 19.1. The zero-order chi connectivity index (χ0) is 25.5. The molecule has 1 fully saturated rings. The number of halogens is 1. The Morgan fingerprint density at radius 3 is 2.31 bits per heavy atom. The van der Waals surface area contributed by atoms with Gasteiger partial charge < -0.3 is 20.3 Å². The van der Waals surface area contributed by atoms with Gasteiger partial charge in [0, 0.05) is 30.9 Å². The molecule has 36 heavy (non-hydrogen) atoms. The molecule has 1 saturated heterocycles. The molecule has 3 amide bonds. The zero-order valence-corrected chi connectivity index (χ0v) is 20.0. The van der Waals surface area contributed by atoms with Crippen molar-refractivity contribution < 1.29 is 23.5 Å². The van der Waals surface area contributed by atoms with Gasteiger partial charge in [0.2, 0.25) is 11.8 Å². The van der Waals surface area contributed by atoms with Crippen LogP contribution in [0.25, 0.3) is 0 Å². The fraction of sp³-hybridized carbons (Fsp3) is 0.250. The van der Waals surface area contributed by atoms with Gasteiger partial charge >= 0.3 is 0 Å². The molecule has 1 aliphatic rings. The van der Waals surface area contributed by atoms with E-state index in [1.165, 1.54) is 29.8 Å². The molecule has 3 aromatic rings. The summed E-state index contributed by atoms with van der Waals surface area (Å²) >= 11 is 0. The molecule has 0 spiro atoms. The average molecular weight is 490 g/mol. The molecule has 3 aromatic carbocycles. The number of anilines is 2. The second-order valence-corrected chi connectivity index (χ2v) is 8.63. The summed E-state index contributed by atoms with van der Waals surface area (Å²) in [5.74, 6) is -0.977. The van der Waals surface area contributed by atoms with E-state index in [2.05, 4.69) is 17.6 Å². The number of rotatable bonds is 9. The molecule has 1 aliphatic heterocycles. The number of carbonyl (C=O) groups is 3. The molecule has 1 heterocycles. The van der Waals surface area contributed by atoms with E-state index in [0.29, 0.717) is 30.2 Å². The van der Waals surface area contributed by atoms with E-state index in [1.54, 1.807) is 29.2 Å². The summed E-state index contributed by atoms with van der Waals surface area (Å²) in [6.45, 7) is 2.60. The van der Waals surface area contributed by atoms with E-state index < -0.39 is 5.92 Å². The summed E-state index contributed by atoms with van der Waals surface area (Å²) in [4.78, 5) is 38.8. The normalized spacial score (nSPS) is 15.0. The van der Waals surface area contributed by atoms with E-state index in [9.17, 15) is 18.8 Å². The fourth-order valence-corrected chi connectivity index (χ4v) is 3.96. The third kappa shape index (κ3) is 6.47. The molecule has 0 aromatic heterocycles. The summed E-state index contributed by atoms with van der Waals surface area (Å²) in [7, 11) is 0. The van der Waals surface area contributed by atoms with Gasteiger partial charge in [-0.15, -0.1) is 0 Å². The predicted octanol–water partition coefficient (Wildman–Crippen LogP) is 4.07. The van der Waals surface area contributed by atoms with Crippen molar-refractivity contribution in [2.45, 2.75) is 26.3 Å². The van der Waals surface area contributed by atoms with Crippen LogP contribution in [0.4, 0.5) is 15.8 Å². The number of hydrogen-bond acceptors (Lipinski definition) is 4. The minimum Gasteiger partial charge on any atom is -0.484 e. The van der Waals surface area contributed by atoms with Gasteiger partial charge in [-0.05, 0) is 66.1 Å². The third-order valence-corrected chi connectivity index (χ3v) is 6.04. The van der Waals surface area contributed by atoms with Crippen molar-refractivity contribution in [3.8, 4) is 5.75 Å². The molecule has 8 heteroatoms. The molecule has 0 aliphatic carbocycles. The van der Waals surface area contributed by atoms with E-state index >= 15 is 0 Å². The molecular weight excluding hydrogens is 461 g/mol. The van der Waals surface area contributed by atoms with Crippen molar-refractivity contribution in [1.82, 2.24) is 5.32 Å². The summed E-state index contributed by atoms with van der Waals surface area (Å²) < 4.78 is 18.5. The Morgan fingerprint density at radius 1 is 0.972 bits per heavy atom. The van der Waals surface area contributed by atoms with Crippen LogP contribution in [0, 0.1) is 11.7 Å². The van der Waals surface area contributed by atoms with Gasteiger partial charge in [-0.2, -0.15) is 0 Å². The van der Waals surface area contributed by atoms with Gasteiger partial charge in [0.25, 0.3) is 5.91 Å². The van der Waals surface area contributed by atoms with E-state index in [4.69, 9.17) is 4.74 Å². The SMILES string of the molecule is CCc1ccc(CNC(=O)[C@@H]2CC(=O)N(c3ccc(OCC(=O)Nc4ccc(F)cc4)cc3)C2)cc1. The largest absolute Gasteiger partial charge is 0.484 e. The van der Waals surface area contributed by atoms with Crippen LogP contribution < -0.4 is 20.3 Å². The molecular formula is C28H28FN3O4. The Hall–Kier alpha value is -4.20. The molecule has 4 rings (SSSR count). The number of amides is 3. The lowest BCUT2D eigenvalue weighted by Gasteiger charge is -2.17. The summed E-state index contributed by atoms with van der Waals surface area (Å²) in [6.07, 6.45) is 1.12. The van der Waals surface area contributed by atoms with Gasteiger partial charge in [-0.25, -0.2) is 4.39 Å². The Kier molecular flexibility index (Phi) is 7.95. The van der Waals surface area contributed by atoms with Gasteiger partial charge in [-0.1, -0.05) is 31.2 Å². The quantitative estimate of drug-likeness (QED) is 0.474. The molecule has 186 valence electrons. The van der Waals surface area contributed by atoms with Crippen LogP contribution in [0.15, 0.2) is 72.8 Å². The lowest BCUT2D eigenvalue weighted by molar-refractivity contribution is -0.126. The van der Waals surface area contributed by atoms with Crippen LogP contribution in [0.1, 0.15) is 24.5 Å². The lowest BCUT2D eigenvalue weighted by atomic mass is 10.1. The van der Waals surface area contributed by atoms with Gasteiger partial charge in [0.05, 0.1) is 5.92 Å². The first-order valence-corrected chi connectivity index (χ1v) is 11.9. The second-order valence-electron chi connectivity index (χ2n) is 8.63. The predicted molar refractivity (Wildman–Crippen MR) is 135 cm³/mol. The maximum absolute atomic E-state index is 13.0. The highest BCUT2D eigenvalue weighted by Crippen LogP contribution is 2.27. The van der Waals surface area contributed by atoms with Gasteiger partial charge in [0.15, 0.2) is 6.61 Å². The van der Waals surface area contributed by atoms with E-state index in [-0.39, 0.29) is 36.6 Å². The van der Waals surface area contributed by atoms with Crippen LogP contribution in [0.2, 0.25) is 0 Å². The Morgan fingerprint density at radius 2 is 1.64 bits per heavy atom. The number of aryl methyl sites for hydroxylation is 1. The second kappa shape index (κ2) is 11.5. The molecule has 0 saturated carbocycles. The van der Waals surface area contributed by atoms with E-state index in [1.807, 2.05) is 24.3 Å². The van der Waals surface area contributed by atoms with Gasteiger partial charge in [-0.3, -0.25) is 14.4 Å². The maximum atomic E-state index is 13.0. The summed E-state index contributed by atoms with van der Waals surface area (Å²) in [6, 6.07) is 20.3. The molecule has 0 unspecified atom stereocenters. The smallest absolute Gasteiger partial charge is 0.262 e. The van der Waals surface area contributed by atoms with Crippen molar-refractivity contribution in [2.75, 3.05) is 23.4 Å². The molecule has 1 atom stereocenters. The summed E-state index contributed by atoms with van der Waals surface area (Å²) in [5.41, 5.74) is 3.39. The number of carbonyl (C=O) groups excluding carboxylic acids is 3. The number of nitrogens with one attached hydrogen (secondary N) is 2. The molecule has 0 radical (unpaired) electrons. The highest BCUT2D eigenvalue weighted by Gasteiger charge is 2.35. The highest BCUT2D eigenvalue weighted by molar-refractivity contribution is 6.00. The third-order valence-electron chi connectivity index (χ3n) is 6.04. The Balaban J connectivity index is 1.25. The minimum absolute atomic E-state index is 0.116. The Labute approximate surface area is 209 Å². The topological polar surface area (TPSA) is 87.7 Å². The number of nitrogens with zero attached hydrogens (tertiary/aromatic N) is 1. The monoisotopic (exact) mass is 489 g/mol. The molecule has 2 N–H and O–H groups in total. The Bertz CT molecular complexity index is 1210. The first kappa shape index (κ1) is 24.9. The van der Waals surface area contributed by atoms with Crippen molar-refractivity contribution in [1.29, 1.82) is 0 Å². The number of benzene rings is 3. The number of hydrogen-bond donors (Lipinski definition) is 2. The van der Waals surface area contributed by atoms with Crippen LogP contribution in [-0.2, 0) is 27.3 Å². The molecule has 0 bridgehead atoms. The zero-order valence-electron chi connectivity index (χ0n) is 20.0. The van der Waals surface area contributed by atoms with Crippen molar-refractivity contribution >= 4 is 29.1 Å². The lowest BCUT2D eigenvalue weighted by Crippen LogP contribution is -2.32. The fourth-order valence-electron chi connectivity index (χ4n) is 3.96.